The number of hydrogen-bond acceptors (Lipinski definition) is 4. The van der Waals surface area contributed by atoms with Gasteiger partial charge in [-0.3, -0.25) is 0 Å². The zero-order chi connectivity index (χ0) is 22.1. The molecule has 4 heteroatoms. The predicted octanol–water partition coefficient (Wildman–Crippen LogP) is 6.70. The lowest BCUT2D eigenvalue weighted by Crippen LogP contribution is -2.43. The highest BCUT2D eigenvalue weighted by Gasteiger charge is 2.37. The van der Waals surface area contributed by atoms with Gasteiger partial charge >= 0.3 is 0 Å². The highest BCUT2D eigenvalue weighted by molar-refractivity contribution is 5.95. The molecule has 6 rings (SSSR count). The van der Waals surface area contributed by atoms with Gasteiger partial charge in [0.05, 0.1) is 5.52 Å². The van der Waals surface area contributed by atoms with Crippen molar-refractivity contribution in [1.82, 2.24) is 9.97 Å². The fourth-order valence-corrected chi connectivity index (χ4v) is 4.38. The molecule has 0 saturated heterocycles. The number of para-hydroxylation sites is 2. The molecule has 158 valence electrons. The van der Waals surface area contributed by atoms with E-state index in [0.29, 0.717) is 5.82 Å². The van der Waals surface area contributed by atoms with E-state index in [1.165, 1.54) is 0 Å². The summed E-state index contributed by atoms with van der Waals surface area (Å²) in [5.74, 6) is 0.708. The number of aromatic nitrogens is 2. The van der Waals surface area contributed by atoms with Gasteiger partial charge in [-0.1, -0.05) is 84.9 Å². The average Bonchev–Trinajstić information content (AvgIpc) is 2.88. The first kappa shape index (κ1) is 19.3. The smallest absolute Gasteiger partial charge is 0.172 e. The maximum Gasteiger partial charge on any atom is 0.172 e. The van der Waals surface area contributed by atoms with Gasteiger partial charge in [0.1, 0.15) is 5.69 Å². The summed E-state index contributed by atoms with van der Waals surface area (Å²) >= 11 is 0. The highest BCUT2D eigenvalue weighted by atomic mass is 15.2. The Bertz CT molecular complexity index is 1400. The van der Waals surface area contributed by atoms with E-state index < -0.39 is 5.66 Å². The first-order chi connectivity index (χ1) is 16.3. The van der Waals surface area contributed by atoms with E-state index in [4.69, 9.17) is 9.97 Å². The number of benzene rings is 4. The minimum Gasteiger partial charge on any atom is -0.355 e. The number of anilines is 2. The van der Waals surface area contributed by atoms with Crippen LogP contribution < -0.4 is 10.6 Å². The van der Waals surface area contributed by atoms with E-state index in [1.807, 2.05) is 66.7 Å². The molecular formula is C29H22N4. The molecule has 5 aromatic rings. The fraction of sp³-hybridized carbons (Fsp3) is 0.0345. The second-order valence-electron chi connectivity index (χ2n) is 8.13. The normalized spacial score (nSPS) is 13.6. The second-order valence-corrected chi connectivity index (χ2v) is 8.13. The maximum absolute atomic E-state index is 5.16. The van der Waals surface area contributed by atoms with Gasteiger partial charge in [0, 0.05) is 22.3 Å². The monoisotopic (exact) mass is 426 g/mol. The van der Waals surface area contributed by atoms with Gasteiger partial charge in [-0.05, 0) is 42.0 Å². The van der Waals surface area contributed by atoms with Crippen molar-refractivity contribution in [2.75, 3.05) is 10.6 Å². The first-order valence-corrected chi connectivity index (χ1v) is 11.0. The van der Waals surface area contributed by atoms with Crippen molar-refractivity contribution in [1.29, 1.82) is 0 Å². The van der Waals surface area contributed by atoms with Crippen LogP contribution in [-0.4, -0.2) is 9.97 Å². The summed E-state index contributed by atoms with van der Waals surface area (Å²) in [7, 11) is 0. The zero-order valence-corrected chi connectivity index (χ0v) is 17.9. The van der Waals surface area contributed by atoms with Crippen molar-refractivity contribution in [3.63, 3.8) is 0 Å². The lowest BCUT2D eigenvalue weighted by molar-refractivity contribution is 0.687. The van der Waals surface area contributed by atoms with Crippen LogP contribution in [0.1, 0.15) is 11.3 Å². The third kappa shape index (κ3) is 3.52. The second kappa shape index (κ2) is 7.92. The average molecular weight is 427 g/mol. The summed E-state index contributed by atoms with van der Waals surface area (Å²) in [6.07, 6.45) is 4.30. The van der Waals surface area contributed by atoms with E-state index in [2.05, 4.69) is 65.3 Å². The van der Waals surface area contributed by atoms with Crippen LogP contribution in [0.15, 0.2) is 115 Å². The SMILES string of the molecule is C1=CC(Nc2ccccc2)(Nc2ccccc2)c2nc(-c3ccccc3)nc3cccc1c23. The topological polar surface area (TPSA) is 49.8 Å². The molecule has 0 atom stereocenters. The Morgan fingerprint density at radius 1 is 0.576 bits per heavy atom. The van der Waals surface area contributed by atoms with Crippen LogP contribution in [0, 0.1) is 0 Å². The summed E-state index contributed by atoms with van der Waals surface area (Å²) in [4.78, 5) is 10.1. The Hall–Kier alpha value is -4.44. The van der Waals surface area contributed by atoms with Gasteiger partial charge in [0.2, 0.25) is 0 Å². The summed E-state index contributed by atoms with van der Waals surface area (Å²) in [5.41, 5.74) is 5.16. The molecule has 1 aromatic heterocycles. The Kier molecular flexibility index (Phi) is 4.62. The Morgan fingerprint density at radius 3 is 1.82 bits per heavy atom. The van der Waals surface area contributed by atoms with E-state index in [0.717, 1.165) is 39.1 Å². The van der Waals surface area contributed by atoms with Crippen molar-refractivity contribution in [2.24, 2.45) is 0 Å². The molecule has 1 heterocycles. The summed E-state index contributed by atoms with van der Waals surface area (Å²) in [5, 5.41) is 8.52. The number of nitrogens with zero attached hydrogens (tertiary/aromatic N) is 2. The molecule has 4 aromatic carbocycles. The van der Waals surface area contributed by atoms with Crippen LogP contribution in [0.3, 0.4) is 0 Å². The molecule has 2 N–H and O–H groups in total. The van der Waals surface area contributed by atoms with E-state index in [9.17, 15) is 0 Å². The van der Waals surface area contributed by atoms with Gasteiger partial charge in [-0.15, -0.1) is 0 Å². The lowest BCUT2D eigenvalue weighted by atomic mass is 9.90. The predicted molar refractivity (Wildman–Crippen MR) is 136 cm³/mol. The van der Waals surface area contributed by atoms with Crippen LogP contribution in [0.25, 0.3) is 28.4 Å². The zero-order valence-electron chi connectivity index (χ0n) is 17.9. The van der Waals surface area contributed by atoms with E-state index >= 15 is 0 Å². The molecule has 33 heavy (non-hydrogen) atoms. The molecule has 0 radical (unpaired) electrons. The molecule has 1 aliphatic carbocycles. The summed E-state index contributed by atoms with van der Waals surface area (Å²) < 4.78 is 0. The van der Waals surface area contributed by atoms with Gasteiger partial charge in [0.25, 0.3) is 0 Å². The van der Waals surface area contributed by atoms with E-state index in [1.54, 1.807) is 0 Å². The standard InChI is InChI=1S/C29H22N4/c1-4-11-22(12-5-1)28-30-25-18-10-13-21-19-20-29(27(31-28)26(21)25,32-23-14-6-2-7-15-23)33-24-16-8-3-9-17-24/h1-20,32-33H. The molecule has 0 amide bonds. The van der Waals surface area contributed by atoms with Crippen LogP contribution in [0.4, 0.5) is 11.4 Å². The van der Waals surface area contributed by atoms with Crippen LogP contribution in [0.2, 0.25) is 0 Å². The third-order valence-electron chi connectivity index (χ3n) is 5.90. The first-order valence-electron chi connectivity index (χ1n) is 11.0. The maximum atomic E-state index is 5.16. The van der Waals surface area contributed by atoms with Crippen molar-refractivity contribution >= 4 is 28.4 Å². The summed E-state index contributed by atoms with van der Waals surface area (Å²) in [6, 6.07) is 36.8. The van der Waals surface area contributed by atoms with Gasteiger partial charge in [0.15, 0.2) is 11.5 Å². The van der Waals surface area contributed by atoms with Gasteiger partial charge < -0.3 is 10.6 Å². The highest BCUT2D eigenvalue weighted by Crippen LogP contribution is 2.39. The quantitative estimate of drug-likeness (QED) is 0.307. The molecule has 0 spiro atoms. The fourth-order valence-electron chi connectivity index (χ4n) is 4.38. The van der Waals surface area contributed by atoms with Crippen molar-refractivity contribution in [3.8, 4) is 11.4 Å². The molecule has 0 fully saturated rings. The molecule has 0 unspecified atom stereocenters. The van der Waals surface area contributed by atoms with Crippen molar-refractivity contribution in [3.05, 3.63) is 127 Å². The third-order valence-corrected chi connectivity index (χ3v) is 5.90. The van der Waals surface area contributed by atoms with Crippen molar-refractivity contribution < 1.29 is 0 Å². The molecular weight excluding hydrogens is 404 g/mol. The Morgan fingerprint density at radius 2 is 1.18 bits per heavy atom. The minimum atomic E-state index is -0.762. The lowest BCUT2D eigenvalue weighted by Gasteiger charge is -2.37. The Labute approximate surface area is 192 Å². The summed E-state index contributed by atoms with van der Waals surface area (Å²) in [6.45, 7) is 0. The van der Waals surface area contributed by atoms with E-state index in [-0.39, 0.29) is 0 Å². The molecule has 4 nitrogen and oxygen atoms in total. The van der Waals surface area contributed by atoms with Crippen LogP contribution >= 0.6 is 0 Å². The van der Waals surface area contributed by atoms with Crippen molar-refractivity contribution in [2.45, 2.75) is 5.66 Å². The molecule has 0 bridgehead atoms. The number of hydrogen-bond donors (Lipinski definition) is 2. The number of nitrogens with one attached hydrogen (secondary N) is 2. The van der Waals surface area contributed by atoms with Crippen LogP contribution in [0.5, 0.6) is 0 Å². The number of rotatable bonds is 5. The molecule has 1 aliphatic rings. The minimum absolute atomic E-state index is 0.708. The molecule has 0 aliphatic heterocycles. The largest absolute Gasteiger partial charge is 0.355 e. The Balaban J connectivity index is 1.61. The van der Waals surface area contributed by atoms with Gasteiger partial charge in [-0.25, -0.2) is 9.97 Å². The van der Waals surface area contributed by atoms with Gasteiger partial charge in [-0.2, -0.15) is 0 Å². The molecule has 0 saturated carbocycles. The van der Waals surface area contributed by atoms with Crippen LogP contribution in [-0.2, 0) is 5.66 Å².